The first kappa shape index (κ1) is 15.2. The summed E-state index contributed by atoms with van der Waals surface area (Å²) in [6, 6.07) is 8.76. The monoisotopic (exact) mass is 360 g/mol. The van der Waals surface area contributed by atoms with E-state index in [4.69, 9.17) is 17.3 Å². The second-order valence-electron chi connectivity index (χ2n) is 4.24. The quantitative estimate of drug-likeness (QED) is 0.842. The summed E-state index contributed by atoms with van der Waals surface area (Å²) in [6.07, 6.45) is 0. The molecule has 20 heavy (non-hydrogen) atoms. The molecule has 0 saturated heterocycles. The normalized spacial score (nSPS) is 12.2. The Bertz CT molecular complexity index is 622. The minimum absolute atomic E-state index is 0.0639. The van der Waals surface area contributed by atoms with Crippen LogP contribution in [-0.2, 0) is 0 Å². The van der Waals surface area contributed by atoms with Gasteiger partial charge in [-0.3, -0.25) is 0 Å². The maximum atomic E-state index is 13.5. The first-order chi connectivity index (χ1) is 9.51. The largest absolute Gasteiger partial charge is 0.377 e. The number of halogens is 4. The van der Waals surface area contributed by atoms with Gasteiger partial charge in [-0.05, 0) is 51.8 Å². The van der Waals surface area contributed by atoms with Crippen LogP contribution in [0.15, 0.2) is 40.9 Å². The third-order valence-corrected chi connectivity index (χ3v) is 3.76. The van der Waals surface area contributed by atoms with E-state index in [0.717, 1.165) is 0 Å². The molecule has 3 N–H and O–H groups in total. The van der Waals surface area contributed by atoms with E-state index >= 15 is 0 Å². The van der Waals surface area contributed by atoms with Crippen molar-refractivity contribution in [3.63, 3.8) is 0 Å². The lowest BCUT2D eigenvalue weighted by molar-refractivity contribution is 0.620. The summed E-state index contributed by atoms with van der Waals surface area (Å²) in [6.45, 7) is 0.260. The summed E-state index contributed by atoms with van der Waals surface area (Å²) in [7, 11) is 0. The van der Waals surface area contributed by atoms with Gasteiger partial charge in [-0.1, -0.05) is 17.7 Å². The summed E-state index contributed by atoms with van der Waals surface area (Å²) in [4.78, 5) is 0. The minimum Gasteiger partial charge on any atom is -0.377 e. The van der Waals surface area contributed by atoms with Gasteiger partial charge in [-0.25, -0.2) is 8.78 Å². The molecular formula is C14H12BrClF2N2. The van der Waals surface area contributed by atoms with Crippen LogP contribution >= 0.6 is 27.5 Å². The highest BCUT2D eigenvalue weighted by Gasteiger charge is 2.12. The average molecular weight is 362 g/mol. The Morgan fingerprint density at radius 1 is 1.15 bits per heavy atom. The van der Waals surface area contributed by atoms with Gasteiger partial charge >= 0.3 is 0 Å². The van der Waals surface area contributed by atoms with Crippen LogP contribution in [0.25, 0.3) is 0 Å². The Labute approximate surface area is 129 Å². The maximum Gasteiger partial charge on any atom is 0.142 e. The lowest BCUT2D eigenvalue weighted by Gasteiger charge is -2.19. The van der Waals surface area contributed by atoms with Gasteiger partial charge in [0, 0.05) is 12.2 Å². The average Bonchev–Trinajstić information content (AvgIpc) is 2.43. The fourth-order valence-corrected chi connectivity index (χ4v) is 2.29. The van der Waals surface area contributed by atoms with Gasteiger partial charge in [-0.2, -0.15) is 0 Å². The second-order valence-corrected chi connectivity index (χ2v) is 5.50. The third kappa shape index (κ3) is 3.48. The molecule has 0 saturated carbocycles. The van der Waals surface area contributed by atoms with Crippen LogP contribution in [-0.4, -0.2) is 6.54 Å². The number of anilines is 1. The van der Waals surface area contributed by atoms with Crippen LogP contribution < -0.4 is 11.1 Å². The Morgan fingerprint density at radius 2 is 1.90 bits per heavy atom. The maximum absolute atomic E-state index is 13.5. The van der Waals surface area contributed by atoms with Gasteiger partial charge < -0.3 is 11.1 Å². The van der Waals surface area contributed by atoms with Crippen LogP contribution in [0.4, 0.5) is 14.5 Å². The number of nitrogens with two attached hydrogens (primary N) is 1. The van der Waals surface area contributed by atoms with Crippen molar-refractivity contribution in [3.05, 3.63) is 63.1 Å². The molecule has 0 fully saturated rings. The van der Waals surface area contributed by atoms with Crippen molar-refractivity contribution in [2.45, 2.75) is 6.04 Å². The van der Waals surface area contributed by atoms with Gasteiger partial charge in [0.15, 0.2) is 0 Å². The molecule has 0 aliphatic carbocycles. The zero-order valence-corrected chi connectivity index (χ0v) is 12.7. The third-order valence-electron chi connectivity index (χ3n) is 2.84. The van der Waals surface area contributed by atoms with Gasteiger partial charge in [0.1, 0.15) is 11.6 Å². The Hall–Kier alpha value is -1.17. The van der Waals surface area contributed by atoms with Crippen molar-refractivity contribution < 1.29 is 8.78 Å². The van der Waals surface area contributed by atoms with E-state index in [9.17, 15) is 8.78 Å². The molecule has 0 heterocycles. The first-order valence-electron chi connectivity index (χ1n) is 5.88. The van der Waals surface area contributed by atoms with E-state index in [1.54, 1.807) is 18.2 Å². The van der Waals surface area contributed by atoms with E-state index in [0.29, 0.717) is 15.7 Å². The number of nitrogens with one attached hydrogen (secondary N) is 1. The predicted molar refractivity (Wildman–Crippen MR) is 80.9 cm³/mol. The molecule has 0 spiro atoms. The van der Waals surface area contributed by atoms with E-state index in [2.05, 4.69) is 21.2 Å². The van der Waals surface area contributed by atoms with Crippen LogP contribution in [0.1, 0.15) is 11.6 Å². The molecule has 1 atom stereocenters. The molecule has 6 heteroatoms. The van der Waals surface area contributed by atoms with E-state index in [1.807, 2.05) is 0 Å². The summed E-state index contributed by atoms with van der Waals surface area (Å²) >= 11 is 8.76. The molecule has 106 valence electrons. The summed E-state index contributed by atoms with van der Waals surface area (Å²) in [5.41, 5.74) is 7.07. The number of rotatable bonds is 4. The van der Waals surface area contributed by atoms with Gasteiger partial charge in [0.2, 0.25) is 0 Å². The summed E-state index contributed by atoms with van der Waals surface area (Å²) in [5.74, 6) is -0.845. The highest BCUT2D eigenvalue weighted by molar-refractivity contribution is 9.10. The van der Waals surface area contributed by atoms with Crippen molar-refractivity contribution >= 4 is 33.2 Å². The molecular weight excluding hydrogens is 350 g/mol. The van der Waals surface area contributed by atoms with E-state index in [1.165, 1.54) is 18.2 Å². The van der Waals surface area contributed by atoms with Crippen LogP contribution in [0.3, 0.4) is 0 Å². The standard InChI is InChI=1S/C14H12BrClF2N2/c15-10-6-9(2-4-12(10)17)20-14(7-19)8-1-3-11(16)13(18)5-8/h1-6,14,20H,7,19H2. The Balaban J connectivity index is 2.23. The zero-order valence-electron chi connectivity index (χ0n) is 10.3. The second kappa shape index (κ2) is 6.52. The Morgan fingerprint density at radius 3 is 2.50 bits per heavy atom. The SMILES string of the molecule is NCC(Nc1ccc(F)c(Br)c1)c1ccc(Cl)c(F)c1. The number of hydrogen-bond donors (Lipinski definition) is 2. The fraction of sp³-hybridized carbons (Fsp3) is 0.143. The highest BCUT2D eigenvalue weighted by atomic mass is 79.9. The smallest absolute Gasteiger partial charge is 0.142 e. The van der Waals surface area contributed by atoms with Crippen LogP contribution in [0.2, 0.25) is 5.02 Å². The molecule has 2 nitrogen and oxygen atoms in total. The van der Waals surface area contributed by atoms with E-state index in [-0.39, 0.29) is 23.4 Å². The van der Waals surface area contributed by atoms with Crippen LogP contribution in [0.5, 0.6) is 0 Å². The minimum atomic E-state index is -0.496. The fourth-order valence-electron chi connectivity index (χ4n) is 1.79. The molecule has 0 amide bonds. The molecule has 1 unspecified atom stereocenters. The lowest BCUT2D eigenvalue weighted by Crippen LogP contribution is -2.20. The van der Waals surface area contributed by atoms with Crippen LogP contribution in [0, 0.1) is 11.6 Å². The molecule has 0 bridgehead atoms. The number of hydrogen-bond acceptors (Lipinski definition) is 2. The van der Waals surface area contributed by atoms with Crippen molar-refractivity contribution in [1.82, 2.24) is 0 Å². The highest BCUT2D eigenvalue weighted by Crippen LogP contribution is 2.25. The molecule has 0 aromatic heterocycles. The predicted octanol–water partition coefficient (Wildman–Crippen LogP) is 4.49. The molecule has 0 aliphatic rings. The molecule has 2 aromatic carbocycles. The number of benzene rings is 2. The molecule has 2 rings (SSSR count). The van der Waals surface area contributed by atoms with Crippen molar-refractivity contribution in [2.75, 3.05) is 11.9 Å². The summed E-state index contributed by atoms with van der Waals surface area (Å²) in [5, 5.41) is 3.19. The van der Waals surface area contributed by atoms with Crippen molar-refractivity contribution in [3.8, 4) is 0 Å². The summed E-state index contributed by atoms with van der Waals surface area (Å²) < 4.78 is 27.0. The van der Waals surface area contributed by atoms with E-state index < -0.39 is 5.82 Å². The van der Waals surface area contributed by atoms with Gasteiger partial charge in [0.05, 0.1) is 15.5 Å². The Kier molecular flexibility index (Phi) is 4.96. The van der Waals surface area contributed by atoms with Crippen molar-refractivity contribution in [2.24, 2.45) is 5.73 Å². The topological polar surface area (TPSA) is 38.0 Å². The van der Waals surface area contributed by atoms with Crippen molar-refractivity contribution in [1.29, 1.82) is 0 Å². The molecule has 0 aliphatic heterocycles. The molecule has 2 aromatic rings. The molecule has 0 radical (unpaired) electrons. The zero-order chi connectivity index (χ0) is 14.7. The van der Waals surface area contributed by atoms with Gasteiger partial charge in [-0.15, -0.1) is 0 Å². The lowest BCUT2D eigenvalue weighted by atomic mass is 10.1. The first-order valence-corrected chi connectivity index (χ1v) is 7.05. The van der Waals surface area contributed by atoms with Gasteiger partial charge in [0.25, 0.3) is 0 Å².